The summed E-state index contributed by atoms with van der Waals surface area (Å²) in [6, 6.07) is 4.58. The minimum Gasteiger partial charge on any atom is -0.494 e. The first-order valence-corrected chi connectivity index (χ1v) is 5.47. The van der Waals surface area contributed by atoms with Gasteiger partial charge in [0.25, 0.3) is 0 Å². The van der Waals surface area contributed by atoms with E-state index in [1.165, 1.54) is 7.11 Å². The summed E-state index contributed by atoms with van der Waals surface area (Å²) < 4.78 is 57.3. The van der Waals surface area contributed by atoms with E-state index in [0.29, 0.717) is 6.07 Å². The van der Waals surface area contributed by atoms with Crippen molar-refractivity contribution in [2.24, 2.45) is 0 Å². The Morgan fingerprint density at radius 3 is 2.25 bits per heavy atom. The van der Waals surface area contributed by atoms with Crippen molar-refractivity contribution in [3.8, 4) is 5.75 Å². The number of carbonyl (C=O) groups is 1. The lowest BCUT2D eigenvalue weighted by atomic mass is 10.0. The van der Waals surface area contributed by atoms with Gasteiger partial charge in [0.2, 0.25) is 0 Å². The molecule has 0 aliphatic heterocycles. The molecule has 0 spiro atoms. The van der Waals surface area contributed by atoms with Crippen LogP contribution in [-0.4, -0.2) is 12.9 Å². The molecule has 20 heavy (non-hydrogen) atoms. The maximum atomic E-state index is 13.5. The van der Waals surface area contributed by atoms with E-state index in [0.717, 1.165) is 24.3 Å². The molecule has 0 unspecified atom stereocenters. The highest BCUT2D eigenvalue weighted by Gasteiger charge is 2.20. The molecule has 0 aromatic heterocycles. The van der Waals surface area contributed by atoms with Gasteiger partial charge in [0.15, 0.2) is 34.8 Å². The Morgan fingerprint density at radius 2 is 1.60 bits per heavy atom. The summed E-state index contributed by atoms with van der Waals surface area (Å²) in [5.41, 5.74) is -0.745. The van der Waals surface area contributed by atoms with E-state index in [2.05, 4.69) is 4.74 Å². The molecule has 0 N–H and O–H groups in total. The Morgan fingerprint density at radius 1 is 0.950 bits per heavy atom. The summed E-state index contributed by atoms with van der Waals surface area (Å²) in [7, 11) is 1.20. The Hall–Kier alpha value is -2.37. The number of carbonyl (C=O) groups excluding carboxylic acids is 1. The fourth-order valence-corrected chi connectivity index (χ4v) is 1.66. The Balaban J connectivity index is 2.49. The van der Waals surface area contributed by atoms with Gasteiger partial charge in [0.05, 0.1) is 12.7 Å². The summed E-state index contributed by atoms with van der Waals surface area (Å²) in [5.74, 6) is -6.52. The second-order valence-corrected chi connectivity index (χ2v) is 3.90. The first-order valence-electron chi connectivity index (χ1n) is 5.47. The smallest absolute Gasteiger partial charge is 0.196 e. The maximum Gasteiger partial charge on any atom is 0.196 e. The Labute approximate surface area is 111 Å². The number of rotatable bonds is 3. The average Bonchev–Trinajstić information content (AvgIpc) is 2.45. The van der Waals surface area contributed by atoms with Crippen molar-refractivity contribution >= 4 is 5.78 Å². The molecule has 0 fully saturated rings. The number of hydrogen-bond acceptors (Lipinski definition) is 2. The monoisotopic (exact) mass is 284 g/mol. The van der Waals surface area contributed by atoms with Crippen LogP contribution in [-0.2, 0) is 0 Å². The molecule has 0 amide bonds. The van der Waals surface area contributed by atoms with Crippen LogP contribution < -0.4 is 4.74 Å². The molecular weight excluding hydrogens is 276 g/mol. The predicted octanol–water partition coefficient (Wildman–Crippen LogP) is 3.48. The van der Waals surface area contributed by atoms with Crippen LogP contribution in [0.25, 0.3) is 0 Å². The second-order valence-electron chi connectivity index (χ2n) is 3.90. The maximum absolute atomic E-state index is 13.5. The van der Waals surface area contributed by atoms with Crippen molar-refractivity contribution in [2.45, 2.75) is 0 Å². The molecule has 0 bridgehead atoms. The van der Waals surface area contributed by atoms with Crippen molar-refractivity contribution in [3.05, 3.63) is 64.7 Å². The van der Waals surface area contributed by atoms with Crippen molar-refractivity contribution in [1.29, 1.82) is 0 Å². The van der Waals surface area contributed by atoms with Gasteiger partial charge in [0, 0.05) is 5.56 Å². The van der Waals surface area contributed by atoms with Crippen LogP contribution in [0.4, 0.5) is 17.6 Å². The summed E-state index contributed by atoms with van der Waals surface area (Å²) in [4.78, 5) is 12.0. The van der Waals surface area contributed by atoms with Crippen LogP contribution in [0.3, 0.4) is 0 Å². The van der Waals surface area contributed by atoms with Crippen molar-refractivity contribution in [3.63, 3.8) is 0 Å². The van der Waals surface area contributed by atoms with E-state index in [-0.39, 0.29) is 11.3 Å². The van der Waals surface area contributed by atoms with Crippen LogP contribution >= 0.6 is 0 Å². The number of hydrogen-bond donors (Lipinski definition) is 0. The third-order valence-corrected chi connectivity index (χ3v) is 2.69. The average molecular weight is 284 g/mol. The summed E-state index contributed by atoms with van der Waals surface area (Å²) in [6.07, 6.45) is 0. The topological polar surface area (TPSA) is 26.3 Å². The van der Waals surface area contributed by atoms with E-state index in [4.69, 9.17) is 0 Å². The minimum atomic E-state index is -1.73. The molecule has 104 valence electrons. The highest BCUT2D eigenvalue weighted by Crippen LogP contribution is 2.23. The molecule has 0 radical (unpaired) electrons. The van der Waals surface area contributed by atoms with Gasteiger partial charge in [-0.25, -0.2) is 17.6 Å². The van der Waals surface area contributed by atoms with Gasteiger partial charge in [-0.15, -0.1) is 0 Å². The molecule has 0 aliphatic rings. The molecule has 0 atom stereocenters. The summed E-state index contributed by atoms with van der Waals surface area (Å²) in [5, 5.41) is 0. The van der Waals surface area contributed by atoms with Crippen LogP contribution in [0.5, 0.6) is 5.75 Å². The van der Waals surface area contributed by atoms with Crippen molar-refractivity contribution in [1.82, 2.24) is 0 Å². The van der Waals surface area contributed by atoms with E-state index < -0.39 is 34.6 Å². The first-order chi connectivity index (χ1) is 9.45. The number of ether oxygens (including phenoxy) is 1. The van der Waals surface area contributed by atoms with Gasteiger partial charge in [-0.3, -0.25) is 4.79 Å². The van der Waals surface area contributed by atoms with E-state index >= 15 is 0 Å². The molecule has 2 aromatic carbocycles. The van der Waals surface area contributed by atoms with Gasteiger partial charge in [-0.05, 0) is 30.3 Å². The van der Waals surface area contributed by atoms with Crippen molar-refractivity contribution in [2.75, 3.05) is 7.11 Å². The molecule has 0 saturated heterocycles. The van der Waals surface area contributed by atoms with Crippen molar-refractivity contribution < 1.29 is 27.1 Å². The molecule has 0 aliphatic carbocycles. The summed E-state index contributed by atoms with van der Waals surface area (Å²) >= 11 is 0. The van der Waals surface area contributed by atoms with Gasteiger partial charge >= 0.3 is 0 Å². The first kappa shape index (κ1) is 14.0. The normalized spacial score (nSPS) is 10.4. The SMILES string of the molecule is COc1cc(C(=O)c2ccc(F)c(F)c2F)ccc1F. The van der Waals surface area contributed by atoms with Crippen LogP contribution in [0.1, 0.15) is 15.9 Å². The lowest BCUT2D eigenvalue weighted by Gasteiger charge is -2.07. The van der Waals surface area contributed by atoms with E-state index in [1.54, 1.807) is 0 Å². The molecule has 2 aromatic rings. The Kier molecular flexibility index (Phi) is 3.74. The zero-order valence-electron chi connectivity index (χ0n) is 10.2. The highest BCUT2D eigenvalue weighted by molar-refractivity contribution is 6.09. The van der Waals surface area contributed by atoms with Crippen LogP contribution in [0.2, 0.25) is 0 Å². The van der Waals surface area contributed by atoms with Crippen LogP contribution in [0.15, 0.2) is 30.3 Å². The fraction of sp³-hybridized carbons (Fsp3) is 0.0714. The third-order valence-electron chi connectivity index (χ3n) is 2.69. The fourth-order valence-electron chi connectivity index (χ4n) is 1.66. The van der Waals surface area contributed by atoms with Crippen LogP contribution in [0, 0.1) is 23.3 Å². The van der Waals surface area contributed by atoms with Gasteiger partial charge in [-0.2, -0.15) is 0 Å². The number of methoxy groups -OCH3 is 1. The van der Waals surface area contributed by atoms with E-state index in [1.807, 2.05) is 0 Å². The lowest BCUT2D eigenvalue weighted by molar-refractivity contribution is 0.103. The number of ketones is 1. The highest BCUT2D eigenvalue weighted by atomic mass is 19.2. The standard InChI is InChI=1S/C14H8F4O2/c1-20-11-6-7(2-4-9(11)15)14(19)8-3-5-10(16)13(18)12(8)17/h2-6H,1H3. The molecular formula is C14H8F4O2. The van der Waals surface area contributed by atoms with Gasteiger partial charge < -0.3 is 4.74 Å². The quantitative estimate of drug-likeness (QED) is 0.490. The molecule has 0 heterocycles. The number of benzene rings is 2. The summed E-state index contributed by atoms with van der Waals surface area (Å²) in [6.45, 7) is 0. The predicted molar refractivity (Wildman–Crippen MR) is 62.7 cm³/mol. The lowest BCUT2D eigenvalue weighted by Crippen LogP contribution is -2.07. The zero-order chi connectivity index (χ0) is 14.9. The number of halogens is 4. The Bertz CT molecular complexity index is 683. The largest absolute Gasteiger partial charge is 0.494 e. The molecule has 0 saturated carbocycles. The second kappa shape index (κ2) is 5.32. The minimum absolute atomic E-state index is 0.104. The van der Waals surface area contributed by atoms with E-state index in [9.17, 15) is 22.4 Å². The van der Waals surface area contributed by atoms with Gasteiger partial charge in [-0.1, -0.05) is 0 Å². The zero-order valence-corrected chi connectivity index (χ0v) is 10.2. The molecule has 2 rings (SSSR count). The van der Waals surface area contributed by atoms with Gasteiger partial charge in [0.1, 0.15) is 0 Å². The molecule has 6 heteroatoms. The molecule has 2 nitrogen and oxygen atoms in total. The third kappa shape index (κ3) is 2.36.